The van der Waals surface area contributed by atoms with Gasteiger partial charge in [-0.1, -0.05) is 0 Å². The van der Waals surface area contributed by atoms with Crippen molar-refractivity contribution in [3.05, 3.63) is 0 Å². The molecule has 0 unspecified atom stereocenters. The standard InChI is InChI=1S/C8H7F7O4/c9-6(10,7(11,12)8(13,14)15)3(1-4(16)17)2-5(18)19/h3H,1-2H2,(H,16,17)(H,18,19). The van der Waals surface area contributed by atoms with E-state index >= 15 is 0 Å². The first-order valence-electron chi connectivity index (χ1n) is 4.49. The predicted molar refractivity (Wildman–Crippen MR) is 43.9 cm³/mol. The van der Waals surface area contributed by atoms with E-state index in [1.165, 1.54) is 0 Å². The van der Waals surface area contributed by atoms with Crippen molar-refractivity contribution in [3.8, 4) is 0 Å². The highest BCUT2D eigenvalue weighted by atomic mass is 19.4. The minimum Gasteiger partial charge on any atom is -0.481 e. The van der Waals surface area contributed by atoms with E-state index in [-0.39, 0.29) is 0 Å². The molecule has 0 aliphatic heterocycles. The number of hydrogen-bond acceptors (Lipinski definition) is 2. The number of aliphatic carboxylic acids is 2. The molecule has 2 N–H and O–H groups in total. The van der Waals surface area contributed by atoms with Crippen LogP contribution in [0.15, 0.2) is 0 Å². The van der Waals surface area contributed by atoms with Crippen LogP contribution in [0.3, 0.4) is 0 Å². The molecule has 0 fully saturated rings. The average molecular weight is 300 g/mol. The first kappa shape index (κ1) is 17.4. The van der Waals surface area contributed by atoms with E-state index < -0.39 is 48.7 Å². The molecule has 0 aliphatic rings. The molecule has 0 aromatic rings. The first-order chi connectivity index (χ1) is 8.23. The van der Waals surface area contributed by atoms with E-state index in [1.54, 1.807) is 0 Å². The van der Waals surface area contributed by atoms with Gasteiger partial charge < -0.3 is 10.2 Å². The van der Waals surface area contributed by atoms with Crippen molar-refractivity contribution in [1.82, 2.24) is 0 Å². The third-order valence-corrected chi connectivity index (χ3v) is 2.13. The van der Waals surface area contributed by atoms with Gasteiger partial charge in [-0.15, -0.1) is 0 Å². The molecular weight excluding hydrogens is 293 g/mol. The molecule has 0 aliphatic carbocycles. The fraction of sp³-hybridized carbons (Fsp3) is 0.750. The summed E-state index contributed by atoms with van der Waals surface area (Å²) in [6.07, 6.45) is -10.3. The van der Waals surface area contributed by atoms with Crippen LogP contribution < -0.4 is 0 Å². The van der Waals surface area contributed by atoms with Crippen molar-refractivity contribution in [1.29, 1.82) is 0 Å². The van der Waals surface area contributed by atoms with E-state index in [2.05, 4.69) is 0 Å². The van der Waals surface area contributed by atoms with Gasteiger partial charge in [0, 0.05) is 0 Å². The largest absolute Gasteiger partial charge is 0.481 e. The summed E-state index contributed by atoms with van der Waals surface area (Å²) < 4.78 is 86.9. The van der Waals surface area contributed by atoms with Gasteiger partial charge in [0.1, 0.15) is 0 Å². The monoisotopic (exact) mass is 300 g/mol. The lowest BCUT2D eigenvalue weighted by atomic mass is 9.89. The molecule has 0 saturated carbocycles. The molecule has 112 valence electrons. The topological polar surface area (TPSA) is 74.6 Å². The molecular formula is C8H7F7O4. The Balaban J connectivity index is 5.50. The Morgan fingerprint density at radius 2 is 1.16 bits per heavy atom. The van der Waals surface area contributed by atoms with E-state index in [9.17, 15) is 40.3 Å². The van der Waals surface area contributed by atoms with Crippen LogP contribution in [0.5, 0.6) is 0 Å². The lowest BCUT2D eigenvalue weighted by molar-refractivity contribution is -0.366. The minimum absolute atomic E-state index is 1.84. The van der Waals surface area contributed by atoms with Crippen LogP contribution in [0.25, 0.3) is 0 Å². The first-order valence-corrected chi connectivity index (χ1v) is 4.49. The van der Waals surface area contributed by atoms with Crippen molar-refractivity contribution in [3.63, 3.8) is 0 Å². The van der Waals surface area contributed by atoms with Gasteiger partial charge in [-0.25, -0.2) is 0 Å². The van der Waals surface area contributed by atoms with Crippen LogP contribution in [-0.4, -0.2) is 40.2 Å². The van der Waals surface area contributed by atoms with Crippen molar-refractivity contribution in [2.24, 2.45) is 5.92 Å². The number of carbonyl (C=O) groups is 2. The van der Waals surface area contributed by atoms with Crippen molar-refractivity contribution >= 4 is 11.9 Å². The predicted octanol–water partition coefficient (Wildman–Crippen LogP) is 2.38. The second kappa shape index (κ2) is 5.21. The number of hydrogen-bond donors (Lipinski definition) is 2. The molecule has 0 amide bonds. The molecule has 0 heterocycles. The summed E-state index contributed by atoms with van der Waals surface area (Å²) in [6, 6.07) is 0. The summed E-state index contributed by atoms with van der Waals surface area (Å²) >= 11 is 0. The van der Waals surface area contributed by atoms with Crippen LogP contribution in [0, 0.1) is 5.92 Å². The van der Waals surface area contributed by atoms with E-state index in [4.69, 9.17) is 10.2 Å². The van der Waals surface area contributed by atoms with Gasteiger partial charge in [-0.2, -0.15) is 30.7 Å². The highest BCUT2D eigenvalue weighted by Gasteiger charge is 2.75. The van der Waals surface area contributed by atoms with Crippen LogP contribution >= 0.6 is 0 Å². The third-order valence-electron chi connectivity index (χ3n) is 2.13. The maximum atomic E-state index is 13.1. The smallest absolute Gasteiger partial charge is 0.459 e. The fourth-order valence-corrected chi connectivity index (χ4v) is 1.20. The van der Waals surface area contributed by atoms with Crippen molar-refractivity contribution < 1.29 is 50.5 Å². The maximum Gasteiger partial charge on any atom is 0.459 e. The van der Waals surface area contributed by atoms with Gasteiger partial charge in [-0.3, -0.25) is 9.59 Å². The maximum absolute atomic E-state index is 13.1. The molecule has 0 aromatic carbocycles. The number of rotatable bonds is 6. The third kappa shape index (κ3) is 3.70. The Morgan fingerprint density at radius 3 is 1.37 bits per heavy atom. The second-order valence-corrected chi connectivity index (χ2v) is 3.59. The quantitative estimate of drug-likeness (QED) is 0.739. The van der Waals surface area contributed by atoms with Gasteiger partial charge in [0.05, 0.1) is 18.8 Å². The molecule has 11 heteroatoms. The normalized spacial score (nSPS) is 13.7. The Labute approximate surface area is 100 Å². The number of carboxylic acid groups (broad SMARTS) is 2. The van der Waals surface area contributed by atoms with Crippen molar-refractivity contribution in [2.75, 3.05) is 0 Å². The summed E-state index contributed by atoms with van der Waals surface area (Å²) in [7, 11) is 0. The van der Waals surface area contributed by atoms with Crippen LogP contribution in [0.4, 0.5) is 30.7 Å². The zero-order valence-electron chi connectivity index (χ0n) is 8.85. The molecule has 0 atom stereocenters. The molecule has 0 spiro atoms. The van der Waals surface area contributed by atoms with Crippen LogP contribution in [0.1, 0.15) is 12.8 Å². The zero-order valence-corrected chi connectivity index (χ0v) is 8.85. The lowest BCUT2D eigenvalue weighted by Gasteiger charge is -2.32. The molecule has 0 aromatic heterocycles. The Bertz CT molecular complexity index is 347. The Morgan fingerprint density at radius 1 is 0.842 bits per heavy atom. The van der Waals surface area contributed by atoms with Crippen LogP contribution in [-0.2, 0) is 9.59 Å². The highest BCUT2D eigenvalue weighted by molar-refractivity contribution is 5.71. The van der Waals surface area contributed by atoms with Gasteiger partial charge in [0.2, 0.25) is 0 Å². The second-order valence-electron chi connectivity index (χ2n) is 3.59. The fourth-order valence-electron chi connectivity index (χ4n) is 1.20. The number of alkyl halides is 7. The summed E-state index contributed by atoms with van der Waals surface area (Å²) in [5, 5.41) is 16.4. The van der Waals surface area contributed by atoms with Gasteiger partial charge in [0.15, 0.2) is 0 Å². The molecule has 0 rings (SSSR count). The summed E-state index contributed by atoms with van der Waals surface area (Å²) in [5.41, 5.74) is 0. The molecule has 0 saturated heterocycles. The van der Waals surface area contributed by atoms with Gasteiger partial charge >= 0.3 is 30.0 Å². The Hall–Kier alpha value is -1.55. The molecule has 4 nitrogen and oxygen atoms in total. The number of halogens is 7. The summed E-state index contributed by atoms with van der Waals surface area (Å²) in [4.78, 5) is 20.3. The minimum atomic E-state index is -6.63. The number of carboxylic acids is 2. The molecule has 0 radical (unpaired) electrons. The molecule has 0 bridgehead atoms. The average Bonchev–Trinajstić information content (AvgIpc) is 2.12. The SMILES string of the molecule is O=C(O)CC(CC(=O)O)C(F)(F)C(F)(F)C(F)(F)F. The van der Waals surface area contributed by atoms with Gasteiger partial charge in [-0.05, 0) is 0 Å². The van der Waals surface area contributed by atoms with E-state index in [0.717, 1.165) is 0 Å². The lowest BCUT2D eigenvalue weighted by Crippen LogP contribution is -2.56. The Kier molecular flexibility index (Phi) is 4.79. The van der Waals surface area contributed by atoms with E-state index in [0.29, 0.717) is 0 Å². The summed E-state index contributed by atoms with van der Waals surface area (Å²) in [5.74, 6) is -19.8. The zero-order chi connectivity index (χ0) is 15.6. The summed E-state index contributed by atoms with van der Waals surface area (Å²) in [6.45, 7) is 0. The van der Waals surface area contributed by atoms with Crippen LogP contribution in [0.2, 0.25) is 0 Å². The van der Waals surface area contributed by atoms with Gasteiger partial charge in [0.25, 0.3) is 0 Å². The van der Waals surface area contributed by atoms with Crippen molar-refractivity contribution in [2.45, 2.75) is 30.9 Å². The highest BCUT2D eigenvalue weighted by Crippen LogP contribution is 2.51. The van der Waals surface area contributed by atoms with E-state index in [1.807, 2.05) is 0 Å². The molecule has 19 heavy (non-hydrogen) atoms.